The van der Waals surface area contributed by atoms with Gasteiger partial charge >= 0.3 is 19.8 Å². The number of phosphoric ester groups is 1. The van der Waals surface area contributed by atoms with E-state index < -0.39 is 57.4 Å². The summed E-state index contributed by atoms with van der Waals surface area (Å²) >= 11 is 0. The molecular formula is C42H75O11P. The molecule has 0 aromatic heterocycles. The van der Waals surface area contributed by atoms with Crippen LogP contribution in [-0.4, -0.2) is 74.7 Å². The van der Waals surface area contributed by atoms with E-state index in [2.05, 4.69) is 18.4 Å². The van der Waals surface area contributed by atoms with Gasteiger partial charge in [-0.2, -0.15) is 0 Å². The van der Waals surface area contributed by atoms with Gasteiger partial charge in [-0.25, -0.2) is 4.57 Å². The highest BCUT2D eigenvalue weighted by atomic mass is 31.2. The highest BCUT2D eigenvalue weighted by molar-refractivity contribution is 7.46. The van der Waals surface area contributed by atoms with Crippen LogP contribution in [-0.2, 0) is 28.2 Å². The van der Waals surface area contributed by atoms with Crippen LogP contribution in [0.5, 0.6) is 0 Å². The second-order valence-corrected chi connectivity index (χ2v) is 15.4. The Kier molecular flexibility index (Phi) is 35.1. The molecule has 0 spiro atoms. The van der Waals surface area contributed by atoms with Crippen molar-refractivity contribution in [1.82, 2.24) is 0 Å². The van der Waals surface area contributed by atoms with Crippen molar-refractivity contribution in [3.8, 4) is 0 Å². The van der Waals surface area contributed by atoms with E-state index in [1.807, 2.05) is 0 Å². The van der Waals surface area contributed by atoms with Crippen molar-refractivity contribution in [2.45, 2.75) is 192 Å². The van der Waals surface area contributed by atoms with Crippen molar-refractivity contribution in [1.29, 1.82) is 0 Å². The molecule has 4 atom stereocenters. The van der Waals surface area contributed by atoms with Gasteiger partial charge in [-0.05, 0) is 25.7 Å². The molecule has 11 nitrogen and oxygen atoms in total. The van der Waals surface area contributed by atoms with E-state index in [1.54, 1.807) is 42.5 Å². The second-order valence-electron chi connectivity index (χ2n) is 14.2. The third-order valence-corrected chi connectivity index (χ3v) is 9.45. The molecule has 0 fully saturated rings. The molecular weight excluding hydrogens is 711 g/mol. The SMILES string of the molecule is CCCCCCCCCCCCCCCCCCC(=O)OC[C@H](COP(=O)(O)O)OC(=O)CCC[C@H](O)[C@@H](O)/C=C/C=C/C=C\C=C\[C@@H](O)CCCCC. The van der Waals surface area contributed by atoms with Crippen molar-refractivity contribution in [3.05, 3.63) is 48.6 Å². The van der Waals surface area contributed by atoms with Crippen LogP contribution in [0.2, 0.25) is 0 Å². The predicted octanol–water partition coefficient (Wildman–Crippen LogP) is 9.26. The molecule has 0 aromatic rings. The molecule has 314 valence electrons. The maximum Gasteiger partial charge on any atom is 0.469 e. The standard InChI is InChI=1S/C42H75O11P/c1-3-5-7-8-9-10-11-12-13-14-15-16-17-18-23-27-33-41(46)51-35-38(36-52-54(48,49)50)53-42(47)34-28-32-40(45)39(44)31-26-22-20-19-21-25-30-37(43)29-24-6-4-2/h19-22,25-26,30-31,37-40,43-45H,3-18,23-24,27-29,32-36H2,1-2H3,(H2,48,49,50)/b21-19-,22-20+,30-25+,31-26+/t37-,38+,39-,40-/m0/s1. The number of aliphatic hydroxyl groups excluding tert-OH is 3. The molecule has 0 aliphatic rings. The highest BCUT2D eigenvalue weighted by Crippen LogP contribution is 2.36. The summed E-state index contributed by atoms with van der Waals surface area (Å²) in [4.78, 5) is 42.9. The number of esters is 2. The average Bonchev–Trinajstić information content (AvgIpc) is 3.13. The Morgan fingerprint density at radius 1 is 0.556 bits per heavy atom. The van der Waals surface area contributed by atoms with Crippen molar-refractivity contribution in [3.63, 3.8) is 0 Å². The average molecular weight is 787 g/mol. The molecule has 0 bridgehead atoms. The molecule has 12 heteroatoms. The maximum atomic E-state index is 12.4. The predicted molar refractivity (Wildman–Crippen MR) is 216 cm³/mol. The number of carbonyl (C=O) groups is 2. The summed E-state index contributed by atoms with van der Waals surface area (Å²) in [7, 11) is -4.85. The number of carbonyl (C=O) groups excluding carboxylic acids is 2. The van der Waals surface area contributed by atoms with Crippen molar-refractivity contribution in [2.75, 3.05) is 13.2 Å². The Morgan fingerprint density at radius 2 is 1.02 bits per heavy atom. The Hall–Kier alpha value is -2.11. The fraction of sp³-hybridized carbons (Fsp3) is 0.762. The topological polar surface area (TPSA) is 180 Å². The van der Waals surface area contributed by atoms with Crippen LogP contribution in [0.25, 0.3) is 0 Å². The van der Waals surface area contributed by atoms with Gasteiger partial charge < -0.3 is 34.6 Å². The fourth-order valence-corrected chi connectivity index (χ4v) is 6.06. The number of unbranched alkanes of at least 4 members (excludes halogenated alkanes) is 17. The van der Waals surface area contributed by atoms with E-state index in [4.69, 9.17) is 19.3 Å². The van der Waals surface area contributed by atoms with Gasteiger partial charge in [0.05, 0.1) is 24.9 Å². The van der Waals surface area contributed by atoms with Gasteiger partial charge in [0.1, 0.15) is 6.61 Å². The summed E-state index contributed by atoms with van der Waals surface area (Å²) in [5.74, 6) is -1.21. The van der Waals surface area contributed by atoms with Gasteiger partial charge in [0, 0.05) is 12.8 Å². The monoisotopic (exact) mass is 787 g/mol. The molecule has 0 amide bonds. The lowest BCUT2D eigenvalue weighted by Gasteiger charge is -2.19. The number of hydrogen-bond acceptors (Lipinski definition) is 9. The molecule has 0 heterocycles. The molecule has 0 rings (SSSR count). The lowest BCUT2D eigenvalue weighted by Crippen LogP contribution is -2.29. The summed E-state index contributed by atoms with van der Waals surface area (Å²) < 4.78 is 26.2. The molecule has 0 saturated heterocycles. The van der Waals surface area contributed by atoms with Crippen molar-refractivity contribution < 1.29 is 53.3 Å². The van der Waals surface area contributed by atoms with Crippen molar-refractivity contribution in [2.24, 2.45) is 0 Å². The van der Waals surface area contributed by atoms with Gasteiger partial charge in [-0.3, -0.25) is 14.1 Å². The Labute approximate surface area is 326 Å². The minimum absolute atomic E-state index is 0.0908. The third kappa shape index (κ3) is 36.8. The van der Waals surface area contributed by atoms with Gasteiger partial charge in [0.2, 0.25) is 0 Å². The van der Waals surface area contributed by atoms with Crippen LogP contribution in [0.4, 0.5) is 0 Å². The quantitative estimate of drug-likeness (QED) is 0.0175. The molecule has 54 heavy (non-hydrogen) atoms. The number of rotatable bonds is 37. The zero-order valence-corrected chi connectivity index (χ0v) is 34.3. The summed E-state index contributed by atoms with van der Waals surface area (Å²) in [6.07, 6.45) is 33.4. The van der Waals surface area contributed by atoms with E-state index in [-0.39, 0.29) is 25.7 Å². The van der Waals surface area contributed by atoms with Crippen LogP contribution in [0.15, 0.2) is 48.6 Å². The second kappa shape index (κ2) is 36.5. The molecule has 0 saturated carbocycles. The van der Waals surface area contributed by atoms with Crippen molar-refractivity contribution >= 4 is 19.8 Å². The Morgan fingerprint density at radius 3 is 1.56 bits per heavy atom. The maximum absolute atomic E-state index is 12.4. The molecule has 0 aliphatic carbocycles. The van der Waals surface area contributed by atoms with Crippen LogP contribution in [0.1, 0.15) is 168 Å². The largest absolute Gasteiger partial charge is 0.469 e. The lowest BCUT2D eigenvalue weighted by atomic mass is 10.0. The Balaban J connectivity index is 4.26. The highest BCUT2D eigenvalue weighted by Gasteiger charge is 2.23. The van der Waals surface area contributed by atoms with Gasteiger partial charge in [0.15, 0.2) is 6.10 Å². The summed E-state index contributed by atoms with van der Waals surface area (Å²) in [5, 5.41) is 30.3. The van der Waals surface area contributed by atoms with Crippen LogP contribution < -0.4 is 0 Å². The third-order valence-electron chi connectivity index (χ3n) is 8.97. The van der Waals surface area contributed by atoms with Gasteiger partial charge in [-0.15, -0.1) is 0 Å². The van der Waals surface area contributed by atoms with Crippen LogP contribution in [0.3, 0.4) is 0 Å². The zero-order chi connectivity index (χ0) is 40.1. The first kappa shape index (κ1) is 51.9. The van der Waals surface area contributed by atoms with Gasteiger partial charge in [0.25, 0.3) is 0 Å². The van der Waals surface area contributed by atoms with Gasteiger partial charge in [-0.1, -0.05) is 178 Å². The number of aliphatic hydroxyl groups is 3. The first-order valence-electron chi connectivity index (χ1n) is 20.8. The molecule has 0 aliphatic heterocycles. The van der Waals surface area contributed by atoms with E-state index in [1.165, 1.54) is 83.1 Å². The Bertz CT molecular complexity index is 1070. The van der Waals surface area contributed by atoms with E-state index in [0.29, 0.717) is 6.42 Å². The summed E-state index contributed by atoms with van der Waals surface area (Å²) in [5.41, 5.74) is 0. The smallest absolute Gasteiger partial charge is 0.462 e. The summed E-state index contributed by atoms with van der Waals surface area (Å²) in [6.45, 7) is 3.30. The fourth-order valence-electron chi connectivity index (χ4n) is 5.70. The minimum Gasteiger partial charge on any atom is -0.462 e. The number of phosphoric acid groups is 1. The number of ether oxygens (including phenoxy) is 2. The number of allylic oxidation sites excluding steroid dienone is 6. The lowest BCUT2D eigenvalue weighted by molar-refractivity contribution is -0.161. The van der Waals surface area contributed by atoms with Crippen LogP contribution >= 0.6 is 7.82 Å². The van der Waals surface area contributed by atoms with E-state index in [0.717, 1.165) is 44.9 Å². The van der Waals surface area contributed by atoms with Crippen LogP contribution in [0, 0.1) is 0 Å². The zero-order valence-electron chi connectivity index (χ0n) is 33.4. The molecule has 0 radical (unpaired) electrons. The van der Waals surface area contributed by atoms with E-state index in [9.17, 15) is 29.5 Å². The minimum atomic E-state index is -4.85. The molecule has 0 unspecified atom stereocenters. The summed E-state index contributed by atoms with van der Waals surface area (Å²) in [6, 6.07) is 0. The molecule has 0 aromatic carbocycles. The normalized spacial score (nSPS) is 14.7. The first-order valence-corrected chi connectivity index (χ1v) is 22.3. The number of hydrogen-bond donors (Lipinski definition) is 5. The first-order chi connectivity index (χ1) is 26.0. The molecule has 5 N–H and O–H groups in total. The van der Waals surface area contributed by atoms with E-state index >= 15 is 0 Å².